The molecule has 0 atom stereocenters. The SMILES string of the molecule is CC(C)CNCc1cc(OC2COC2)ccn1. The van der Waals surface area contributed by atoms with Crippen molar-refractivity contribution in [3.05, 3.63) is 24.0 Å². The average Bonchev–Trinajstić information content (AvgIpc) is 2.24. The second kappa shape index (κ2) is 5.98. The summed E-state index contributed by atoms with van der Waals surface area (Å²) in [5.41, 5.74) is 1.02. The highest BCUT2D eigenvalue weighted by Gasteiger charge is 2.19. The van der Waals surface area contributed by atoms with Crippen molar-refractivity contribution < 1.29 is 9.47 Å². The molecule has 0 aliphatic carbocycles. The van der Waals surface area contributed by atoms with Gasteiger partial charge in [-0.05, 0) is 18.5 Å². The molecule has 2 rings (SSSR count). The van der Waals surface area contributed by atoms with Gasteiger partial charge in [0, 0.05) is 18.8 Å². The number of pyridine rings is 1. The lowest BCUT2D eigenvalue weighted by molar-refractivity contribution is -0.0797. The molecular weight excluding hydrogens is 216 g/mol. The van der Waals surface area contributed by atoms with E-state index in [2.05, 4.69) is 24.1 Å². The van der Waals surface area contributed by atoms with Crippen molar-refractivity contribution in [2.75, 3.05) is 19.8 Å². The van der Waals surface area contributed by atoms with E-state index < -0.39 is 0 Å². The maximum atomic E-state index is 5.73. The van der Waals surface area contributed by atoms with Crippen molar-refractivity contribution in [3.63, 3.8) is 0 Å². The largest absolute Gasteiger partial charge is 0.485 e. The highest BCUT2D eigenvalue weighted by molar-refractivity contribution is 5.23. The molecule has 4 heteroatoms. The van der Waals surface area contributed by atoms with Crippen LogP contribution in [-0.2, 0) is 11.3 Å². The summed E-state index contributed by atoms with van der Waals surface area (Å²) in [6.45, 7) is 7.57. The summed E-state index contributed by atoms with van der Waals surface area (Å²) in [5.74, 6) is 1.54. The molecule has 1 aliphatic rings. The van der Waals surface area contributed by atoms with E-state index in [1.165, 1.54) is 0 Å². The summed E-state index contributed by atoms with van der Waals surface area (Å²) in [5, 5.41) is 3.37. The van der Waals surface area contributed by atoms with Crippen LogP contribution in [0.15, 0.2) is 18.3 Å². The zero-order valence-electron chi connectivity index (χ0n) is 10.5. The highest BCUT2D eigenvalue weighted by atomic mass is 16.6. The lowest BCUT2D eigenvalue weighted by Gasteiger charge is -2.26. The van der Waals surface area contributed by atoms with Crippen molar-refractivity contribution in [2.24, 2.45) is 5.92 Å². The molecule has 0 saturated carbocycles. The van der Waals surface area contributed by atoms with Gasteiger partial charge in [0.25, 0.3) is 0 Å². The summed E-state index contributed by atoms with van der Waals surface area (Å²) >= 11 is 0. The topological polar surface area (TPSA) is 43.4 Å². The molecule has 17 heavy (non-hydrogen) atoms. The van der Waals surface area contributed by atoms with Crippen LogP contribution in [0.2, 0.25) is 0 Å². The van der Waals surface area contributed by atoms with E-state index in [9.17, 15) is 0 Å². The third kappa shape index (κ3) is 3.98. The minimum Gasteiger partial charge on any atom is -0.485 e. The van der Waals surface area contributed by atoms with Crippen LogP contribution in [0.3, 0.4) is 0 Å². The number of rotatable bonds is 6. The molecule has 1 aliphatic heterocycles. The maximum Gasteiger partial charge on any atom is 0.145 e. The Hall–Kier alpha value is -1.13. The van der Waals surface area contributed by atoms with Gasteiger partial charge in [0.2, 0.25) is 0 Å². The Morgan fingerprint density at radius 2 is 2.35 bits per heavy atom. The standard InChI is InChI=1S/C13H20N2O2/c1-10(2)6-14-7-11-5-12(3-4-15-11)17-13-8-16-9-13/h3-5,10,13-14H,6-9H2,1-2H3. The molecule has 0 radical (unpaired) electrons. The molecule has 1 aromatic rings. The summed E-state index contributed by atoms with van der Waals surface area (Å²) in [7, 11) is 0. The van der Waals surface area contributed by atoms with Crippen LogP contribution < -0.4 is 10.1 Å². The van der Waals surface area contributed by atoms with Gasteiger partial charge in [-0.25, -0.2) is 0 Å². The van der Waals surface area contributed by atoms with E-state index in [1.54, 1.807) is 6.20 Å². The number of hydrogen-bond donors (Lipinski definition) is 1. The second-order valence-electron chi connectivity index (χ2n) is 4.78. The molecule has 2 heterocycles. The van der Waals surface area contributed by atoms with Crippen molar-refractivity contribution in [1.29, 1.82) is 0 Å². The van der Waals surface area contributed by atoms with Gasteiger partial charge in [0.05, 0.1) is 18.9 Å². The van der Waals surface area contributed by atoms with Crippen LogP contribution in [0.25, 0.3) is 0 Å². The van der Waals surface area contributed by atoms with E-state index in [0.717, 1.165) is 24.5 Å². The lowest BCUT2D eigenvalue weighted by atomic mass is 10.2. The number of aromatic nitrogens is 1. The van der Waals surface area contributed by atoms with Gasteiger partial charge >= 0.3 is 0 Å². The normalized spacial score (nSPS) is 15.9. The Labute approximate surface area is 102 Å². The van der Waals surface area contributed by atoms with E-state index in [-0.39, 0.29) is 6.10 Å². The molecule has 0 aromatic carbocycles. The Morgan fingerprint density at radius 1 is 1.53 bits per heavy atom. The van der Waals surface area contributed by atoms with Gasteiger partial charge in [-0.15, -0.1) is 0 Å². The zero-order chi connectivity index (χ0) is 12.1. The summed E-state index contributed by atoms with van der Waals surface area (Å²) < 4.78 is 10.8. The van der Waals surface area contributed by atoms with Gasteiger partial charge in [0.15, 0.2) is 0 Å². The Kier molecular flexibility index (Phi) is 4.34. The van der Waals surface area contributed by atoms with Crippen molar-refractivity contribution in [3.8, 4) is 5.75 Å². The second-order valence-corrected chi connectivity index (χ2v) is 4.78. The quantitative estimate of drug-likeness (QED) is 0.815. The fourth-order valence-corrected chi connectivity index (χ4v) is 1.59. The van der Waals surface area contributed by atoms with Gasteiger partial charge in [-0.2, -0.15) is 0 Å². The van der Waals surface area contributed by atoms with Crippen LogP contribution >= 0.6 is 0 Å². The molecular formula is C13H20N2O2. The fourth-order valence-electron chi connectivity index (χ4n) is 1.59. The fraction of sp³-hybridized carbons (Fsp3) is 0.615. The average molecular weight is 236 g/mol. The van der Waals surface area contributed by atoms with E-state index in [4.69, 9.17) is 9.47 Å². The molecule has 0 amide bonds. The molecule has 1 aromatic heterocycles. The Morgan fingerprint density at radius 3 is 3.00 bits per heavy atom. The Bertz CT molecular complexity index is 351. The molecule has 1 fully saturated rings. The molecule has 0 unspecified atom stereocenters. The predicted molar refractivity (Wildman–Crippen MR) is 66.0 cm³/mol. The van der Waals surface area contributed by atoms with E-state index in [1.807, 2.05) is 12.1 Å². The van der Waals surface area contributed by atoms with Crippen LogP contribution in [-0.4, -0.2) is 30.8 Å². The predicted octanol–water partition coefficient (Wildman–Crippen LogP) is 1.60. The molecule has 0 spiro atoms. The molecule has 4 nitrogen and oxygen atoms in total. The number of nitrogens with zero attached hydrogens (tertiary/aromatic N) is 1. The van der Waals surface area contributed by atoms with Gasteiger partial charge in [0.1, 0.15) is 11.9 Å². The van der Waals surface area contributed by atoms with Crippen molar-refractivity contribution >= 4 is 0 Å². The third-order valence-corrected chi connectivity index (χ3v) is 2.56. The first-order valence-electron chi connectivity index (χ1n) is 6.14. The van der Waals surface area contributed by atoms with Crippen molar-refractivity contribution in [2.45, 2.75) is 26.5 Å². The number of ether oxygens (including phenoxy) is 2. The first-order valence-corrected chi connectivity index (χ1v) is 6.14. The zero-order valence-corrected chi connectivity index (χ0v) is 10.5. The first kappa shape index (κ1) is 12.3. The van der Waals surface area contributed by atoms with Crippen LogP contribution in [0, 0.1) is 5.92 Å². The molecule has 94 valence electrons. The summed E-state index contributed by atoms with van der Waals surface area (Å²) in [4.78, 5) is 4.31. The third-order valence-electron chi connectivity index (χ3n) is 2.56. The monoisotopic (exact) mass is 236 g/mol. The van der Waals surface area contributed by atoms with Crippen LogP contribution in [0.4, 0.5) is 0 Å². The maximum absolute atomic E-state index is 5.73. The van der Waals surface area contributed by atoms with Crippen molar-refractivity contribution in [1.82, 2.24) is 10.3 Å². The van der Waals surface area contributed by atoms with Gasteiger partial charge in [-0.3, -0.25) is 4.98 Å². The summed E-state index contributed by atoms with van der Waals surface area (Å²) in [6, 6.07) is 3.88. The Balaban J connectivity index is 1.82. The molecule has 1 N–H and O–H groups in total. The van der Waals surface area contributed by atoms with E-state index in [0.29, 0.717) is 19.1 Å². The lowest BCUT2D eigenvalue weighted by Crippen LogP contribution is -2.38. The number of hydrogen-bond acceptors (Lipinski definition) is 4. The van der Waals surface area contributed by atoms with Crippen LogP contribution in [0.5, 0.6) is 5.75 Å². The minimum absolute atomic E-state index is 0.217. The van der Waals surface area contributed by atoms with Gasteiger partial charge < -0.3 is 14.8 Å². The number of nitrogens with one attached hydrogen (secondary N) is 1. The molecule has 1 saturated heterocycles. The first-order chi connectivity index (χ1) is 8.24. The smallest absolute Gasteiger partial charge is 0.145 e. The van der Waals surface area contributed by atoms with Crippen LogP contribution in [0.1, 0.15) is 19.5 Å². The van der Waals surface area contributed by atoms with E-state index >= 15 is 0 Å². The van der Waals surface area contributed by atoms with Gasteiger partial charge in [-0.1, -0.05) is 13.8 Å². The highest BCUT2D eigenvalue weighted by Crippen LogP contribution is 2.16. The minimum atomic E-state index is 0.217. The molecule has 0 bridgehead atoms. The summed E-state index contributed by atoms with van der Waals surface area (Å²) in [6.07, 6.45) is 2.01.